The number of nitrogens with zero attached hydrogens (tertiary/aromatic N) is 4. The number of aryl methyl sites for hydroxylation is 2. The Labute approximate surface area is 119 Å². The van der Waals surface area contributed by atoms with Gasteiger partial charge in [-0.15, -0.1) is 5.10 Å². The molecule has 19 heavy (non-hydrogen) atoms. The molecule has 0 saturated carbocycles. The predicted octanol–water partition coefficient (Wildman–Crippen LogP) is 2.36. The molecule has 0 saturated heterocycles. The van der Waals surface area contributed by atoms with Gasteiger partial charge in [0.15, 0.2) is 11.6 Å². The Hall–Kier alpha value is -1.87. The van der Waals surface area contributed by atoms with Gasteiger partial charge in [-0.2, -0.15) is 5.26 Å². The van der Waals surface area contributed by atoms with E-state index >= 15 is 0 Å². The zero-order valence-corrected chi connectivity index (χ0v) is 11.8. The van der Waals surface area contributed by atoms with Gasteiger partial charge in [0.2, 0.25) is 0 Å². The molecule has 0 aliphatic heterocycles. The van der Waals surface area contributed by atoms with Crippen LogP contribution in [-0.4, -0.2) is 14.8 Å². The lowest BCUT2D eigenvalue weighted by atomic mass is 9.95. The fourth-order valence-electron chi connectivity index (χ4n) is 2.35. The molecular weight excluding hydrogens is 306 g/mol. The lowest BCUT2D eigenvalue weighted by Crippen LogP contribution is -2.11. The number of halogens is 1. The zero-order chi connectivity index (χ0) is 13.4. The normalized spacial score (nSPS) is 13.9. The van der Waals surface area contributed by atoms with E-state index < -0.39 is 0 Å². The number of anilines is 1. The van der Waals surface area contributed by atoms with Crippen LogP contribution in [0.15, 0.2) is 16.7 Å². The van der Waals surface area contributed by atoms with Crippen molar-refractivity contribution in [2.24, 2.45) is 0 Å². The van der Waals surface area contributed by atoms with Gasteiger partial charge in [-0.25, -0.2) is 9.67 Å². The number of aromatic nitrogens is 3. The topological polar surface area (TPSA) is 80.5 Å². The predicted molar refractivity (Wildman–Crippen MR) is 74.8 cm³/mol. The maximum atomic E-state index is 9.28. The van der Waals surface area contributed by atoms with Crippen molar-refractivity contribution < 1.29 is 0 Å². The highest BCUT2D eigenvalue weighted by molar-refractivity contribution is 9.10. The molecule has 6 heteroatoms. The highest BCUT2D eigenvalue weighted by Crippen LogP contribution is 2.25. The van der Waals surface area contributed by atoms with Crippen molar-refractivity contribution in [2.75, 3.05) is 5.73 Å². The highest BCUT2D eigenvalue weighted by Gasteiger charge is 2.17. The molecule has 2 aromatic rings. The molecule has 2 aromatic heterocycles. The lowest BCUT2D eigenvalue weighted by Gasteiger charge is -2.16. The molecule has 96 valence electrons. The molecule has 0 unspecified atom stereocenters. The zero-order valence-electron chi connectivity index (χ0n) is 10.2. The first-order chi connectivity index (χ1) is 9.19. The van der Waals surface area contributed by atoms with E-state index in [2.05, 4.69) is 32.1 Å². The van der Waals surface area contributed by atoms with Crippen LogP contribution in [0.4, 0.5) is 5.82 Å². The fourth-order valence-corrected chi connectivity index (χ4v) is 2.63. The van der Waals surface area contributed by atoms with Gasteiger partial charge in [0.05, 0.1) is 10.0 Å². The van der Waals surface area contributed by atoms with Crippen molar-refractivity contribution >= 4 is 21.7 Å². The van der Waals surface area contributed by atoms with Crippen molar-refractivity contribution in [3.8, 4) is 11.9 Å². The third-order valence-corrected chi connectivity index (χ3v) is 3.92. The van der Waals surface area contributed by atoms with E-state index in [9.17, 15) is 5.26 Å². The highest BCUT2D eigenvalue weighted by atomic mass is 79.9. The summed E-state index contributed by atoms with van der Waals surface area (Å²) in [5.74, 6) is 0.948. The summed E-state index contributed by atoms with van der Waals surface area (Å²) in [4.78, 5) is 4.61. The second kappa shape index (κ2) is 4.67. The molecule has 0 amide bonds. The van der Waals surface area contributed by atoms with Gasteiger partial charge < -0.3 is 5.73 Å². The summed E-state index contributed by atoms with van der Waals surface area (Å²) in [6.45, 7) is 0. The van der Waals surface area contributed by atoms with Gasteiger partial charge >= 0.3 is 0 Å². The van der Waals surface area contributed by atoms with Gasteiger partial charge in [0, 0.05) is 11.9 Å². The van der Waals surface area contributed by atoms with Crippen LogP contribution in [0.1, 0.15) is 29.7 Å². The number of rotatable bonds is 1. The third-order valence-electron chi connectivity index (χ3n) is 3.31. The van der Waals surface area contributed by atoms with Crippen LogP contribution in [-0.2, 0) is 12.8 Å². The average molecular weight is 318 g/mol. The summed E-state index contributed by atoms with van der Waals surface area (Å²) in [7, 11) is 0. The van der Waals surface area contributed by atoms with E-state index in [4.69, 9.17) is 5.73 Å². The molecule has 3 rings (SSSR count). The molecule has 0 spiro atoms. The molecule has 0 bridgehead atoms. The Bertz CT molecular complexity index is 664. The number of nitriles is 1. The van der Waals surface area contributed by atoms with Crippen LogP contribution in [0.5, 0.6) is 0 Å². The Morgan fingerprint density at radius 1 is 1.37 bits per heavy atom. The minimum atomic E-state index is 0.392. The van der Waals surface area contributed by atoms with Gasteiger partial charge in [0.25, 0.3) is 0 Å². The number of fused-ring (bicyclic) bond motifs is 1. The molecule has 0 radical (unpaired) electrons. The van der Waals surface area contributed by atoms with E-state index in [1.54, 1.807) is 10.9 Å². The number of hydrogen-bond acceptors (Lipinski definition) is 4. The van der Waals surface area contributed by atoms with Crippen LogP contribution < -0.4 is 5.73 Å². The smallest absolute Gasteiger partial charge is 0.171 e. The summed E-state index contributed by atoms with van der Waals surface area (Å²) in [5, 5.41) is 13.5. The number of hydrogen-bond donors (Lipinski definition) is 1. The van der Waals surface area contributed by atoms with E-state index in [0.29, 0.717) is 21.7 Å². The molecular formula is C13H12BrN5. The minimum absolute atomic E-state index is 0.392. The summed E-state index contributed by atoms with van der Waals surface area (Å²) in [6.07, 6.45) is 6.01. The van der Waals surface area contributed by atoms with E-state index in [1.165, 1.54) is 12.0 Å². The van der Waals surface area contributed by atoms with E-state index in [1.807, 2.05) is 6.07 Å². The van der Waals surface area contributed by atoms with Crippen molar-refractivity contribution in [2.45, 2.75) is 25.7 Å². The molecule has 0 atom stereocenters. The first-order valence-electron chi connectivity index (χ1n) is 6.13. The van der Waals surface area contributed by atoms with E-state index in [-0.39, 0.29) is 0 Å². The largest absolute Gasteiger partial charge is 0.381 e. The van der Waals surface area contributed by atoms with Crippen molar-refractivity contribution in [1.82, 2.24) is 14.8 Å². The van der Waals surface area contributed by atoms with Gasteiger partial charge in [-0.1, -0.05) is 0 Å². The minimum Gasteiger partial charge on any atom is -0.381 e. The second-order valence-electron chi connectivity index (χ2n) is 4.59. The molecule has 2 N–H and O–H groups in total. The van der Waals surface area contributed by atoms with Crippen LogP contribution in [0.2, 0.25) is 0 Å². The second-order valence-corrected chi connectivity index (χ2v) is 5.45. The maximum absolute atomic E-state index is 9.28. The summed E-state index contributed by atoms with van der Waals surface area (Å²) in [6, 6.07) is 4.13. The quantitative estimate of drug-likeness (QED) is 0.875. The van der Waals surface area contributed by atoms with Crippen LogP contribution in [0.3, 0.4) is 0 Å². The number of nitrogens with two attached hydrogens (primary N) is 1. The van der Waals surface area contributed by atoms with Gasteiger partial charge in [0.1, 0.15) is 6.07 Å². The van der Waals surface area contributed by atoms with Gasteiger partial charge in [-0.05, 0) is 53.2 Å². The SMILES string of the molecule is N#Cc1cc2c(nc1-n1cc(Br)c(N)n1)CCCC2. The monoisotopic (exact) mass is 317 g/mol. The Morgan fingerprint density at radius 3 is 2.84 bits per heavy atom. The Kier molecular flexibility index (Phi) is 2.99. The Balaban J connectivity index is 2.17. The van der Waals surface area contributed by atoms with Crippen molar-refractivity contribution in [1.29, 1.82) is 5.26 Å². The third kappa shape index (κ3) is 2.10. The maximum Gasteiger partial charge on any atom is 0.171 e. The van der Waals surface area contributed by atoms with Crippen LogP contribution >= 0.6 is 15.9 Å². The first kappa shape index (κ1) is 12.2. The fraction of sp³-hybridized carbons (Fsp3) is 0.308. The molecule has 0 aromatic carbocycles. The molecule has 1 aliphatic carbocycles. The number of nitrogen functional groups attached to an aromatic ring is 1. The standard InChI is InChI=1S/C13H12BrN5/c14-10-7-19(18-12(10)16)13-9(6-15)5-8-3-1-2-4-11(8)17-13/h5,7H,1-4H2,(H2,16,18). The number of pyridine rings is 1. The van der Waals surface area contributed by atoms with Gasteiger partial charge in [-0.3, -0.25) is 0 Å². The summed E-state index contributed by atoms with van der Waals surface area (Å²) < 4.78 is 2.27. The van der Waals surface area contributed by atoms with Crippen LogP contribution in [0.25, 0.3) is 5.82 Å². The molecule has 0 fully saturated rings. The van der Waals surface area contributed by atoms with E-state index in [0.717, 1.165) is 25.0 Å². The molecule has 5 nitrogen and oxygen atoms in total. The molecule has 2 heterocycles. The Morgan fingerprint density at radius 2 is 2.16 bits per heavy atom. The van der Waals surface area contributed by atoms with Crippen molar-refractivity contribution in [3.05, 3.63) is 33.6 Å². The van der Waals surface area contributed by atoms with Crippen molar-refractivity contribution in [3.63, 3.8) is 0 Å². The summed E-state index contributed by atoms with van der Waals surface area (Å²) >= 11 is 3.32. The van der Waals surface area contributed by atoms with Crippen LogP contribution in [0, 0.1) is 11.3 Å². The molecule has 1 aliphatic rings. The summed E-state index contributed by atoms with van der Waals surface area (Å²) in [5.41, 5.74) is 8.52. The average Bonchev–Trinajstić information content (AvgIpc) is 2.77. The lowest BCUT2D eigenvalue weighted by molar-refractivity contribution is 0.661. The first-order valence-corrected chi connectivity index (χ1v) is 6.92.